The second-order valence-corrected chi connectivity index (χ2v) is 14.0. The summed E-state index contributed by atoms with van der Waals surface area (Å²) in [6.07, 6.45) is 0.835. The van der Waals surface area contributed by atoms with E-state index < -0.39 is 10.0 Å². The van der Waals surface area contributed by atoms with Gasteiger partial charge in [-0.3, -0.25) is 14.4 Å². The molecule has 3 aromatic carbocycles. The van der Waals surface area contributed by atoms with E-state index in [1.54, 1.807) is 13.8 Å². The minimum Gasteiger partial charge on any atom is -0.359 e. The van der Waals surface area contributed by atoms with Crippen LogP contribution in [0.1, 0.15) is 35.2 Å². The number of aromatic nitrogens is 4. The molecule has 0 unspecified atom stereocenters. The minimum atomic E-state index is -3.95. The summed E-state index contributed by atoms with van der Waals surface area (Å²) in [5.74, 6) is 0.766. The first-order valence-electron chi connectivity index (χ1n) is 14.7. The molecule has 1 N–H and O–H groups in total. The summed E-state index contributed by atoms with van der Waals surface area (Å²) in [6, 6.07) is 28.1. The van der Waals surface area contributed by atoms with E-state index in [1.165, 1.54) is 11.3 Å². The second-order valence-electron chi connectivity index (χ2n) is 11.1. The fraction of sp³-hybridized carbons (Fsp3) is 0.171. The van der Waals surface area contributed by atoms with Gasteiger partial charge < -0.3 is 4.52 Å². The van der Waals surface area contributed by atoms with Gasteiger partial charge in [0.25, 0.3) is 10.0 Å². The molecular weight excluding hydrogens is 603 g/mol. The topological polar surface area (TPSA) is 103 Å². The highest BCUT2D eigenvalue weighted by atomic mass is 32.2. The van der Waals surface area contributed by atoms with Gasteiger partial charge in [-0.1, -0.05) is 84.9 Å². The molecule has 0 aliphatic carbocycles. The highest BCUT2D eigenvalue weighted by Gasteiger charge is 2.27. The number of aryl methyl sites for hydroxylation is 3. The number of pyridine rings is 1. The van der Waals surface area contributed by atoms with Crippen molar-refractivity contribution in [3.63, 3.8) is 0 Å². The van der Waals surface area contributed by atoms with E-state index >= 15 is 0 Å². The Morgan fingerprint density at radius 3 is 2.36 bits per heavy atom. The largest absolute Gasteiger partial charge is 0.359 e. The molecule has 10 heteroatoms. The molecule has 8 nitrogen and oxygen atoms in total. The van der Waals surface area contributed by atoms with Crippen molar-refractivity contribution < 1.29 is 12.9 Å². The fourth-order valence-corrected chi connectivity index (χ4v) is 8.48. The number of hydrogen-bond acceptors (Lipinski definition) is 7. The van der Waals surface area contributed by atoms with Crippen molar-refractivity contribution >= 4 is 48.2 Å². The molecule has 0 spiro atoms. The van der Waals surface area contributed by atoms with Crippen molar-refractivity contribution in [2.24, 2.45) is 0 Å². The Hall–Kier alpha value is -4.80. The summed E-state index contributed by atoms with van der Waals surface area (Å²) in [5.41, 5.74) is 8.18. The molecule has 0 radical (unpaired) electrons. The molecular formula is C35H31N5O3S2. The van der Waals surface area contributed by atoms with Crippen molar-refractivity contribution in [1.82, 2.24) is 19.9 Å². The molecule has 0 amide bonds. The summed E-state index contributed by atoms with van der Waals surface area (Å²) in [5, 5.41) is 10.9. The zero-order chi connectivity index (χ0) is 31.3. The van der Waals surface area contributed by atoms with Gasteiger partial charge in [0.1, 0.15) is 15.7 Å². The van der Waals surface area contributed by atoms with E-state index in [0.717, 1.165) is 61.2 Å². The second kappa shape index (κ2) is 11.3. The minimum absolute atomic E-state index is 0.198. The Kier molecular flexibility index (Phi) is 7.26. The number of fused-ring (bicyclic) bond motifs is 2. The van der Waals surface area contributed by atoms with Crippen molar-refractivity contribution in [2.75, 3.05) is 4.72 Å². The summed E-state index contributed by atoms with van der Waals surface area (Å²) in [6.45, 7) is 8.24. The molecule has 0 saturated heterocycles. The van der Waals surface area contributed by atoms with Crippen LogP contribution < -0.4 is 4.72 Å². The van der Waals surface area contributed by atoms with Gasteiger partial charge in [0.05, 0.1) is 12.1 Å². The third-order valence-corrected chi connectivity index (χ3v) is 11.2. The molecule has 7 rings (SSSR count). The van der Waals surface area contributed by atoms with Crippen LogP contribution >= 0.6 is 11.3 Å². The van der Waals surface area contributed by atoms with Crippen molar-refractivity contribution in [2.45, 2.75) is 44.9 Å². The highest BCUT2D eigenvalue weighted by Crippen LogP contribution is 2.42. The Bertz CT molecular complexity index is 2300. The molecule has 4 heterocycles. The van der Waals surface area contributed by atoms with Gasteiger partial charge in [-0.15, -0.1) is 11.3 Å². The Labute approximate surface area is 265 Å². The van der Waals surface area contributed by atoms with Gasteiger partial charge in [-0.25, -0.2) is 8.42 Å². The van der Waals surface area contributed by atoms with Gasteiger partial charge in [0.15, 0.2) is 5.82 Å². The molecule has 0 saturated carbocycles. The molecule has 45 heavy (non-hydrogen) atoms. The number of nitrogens with zero attached hydrogens (tertiary/aromatic N) is 4. The number of anilines is 1. The Morgan fingerprint density at radius 2 is 1.64 bits per heavy atom. The summed E-state index contributed by atoms with van der Waals surface area (Å²) >= 11 is 1.24. The lowest BCUT2D eigenvalue weighted by molar-refractivity contribution is 0.399. The van der Waals surface area contributed by atoms with E-state index in [0.29, 0.717) is 23.4 Å². The number of thiophene rings is 1. The molecule has 0 atom stereocenters. The smallest absolute Gasteiger partial charge is 0.273 e. The van der Waals surface area contributed by atoms with Crippen LogP contribution in [0.4, 0.5) is 5.82 Å². The lowest BCUT2D eigenvalue weighted by atomic mass is 10.0. The fourth-order valence-electron chi connectivity index (χ4n) is 5.66. The summed E-state index contributed by atoms with van der Waals surface area (Å²) in [4.78, 5) is 4.84. The normalized spacial score (nSPS) is 11.9. The maximum absolute atomic E-state index is 13.8. The lowest BCUT2D eigenvalue weighted by Gasteiger charge is -2.10. The Morgan fingerprint density at radius 1 is 0.911 bits per heavy atom. The van der Waals surface area contributed by atoms with Crippen LogP contribution in [0.5, 0.6) is 0 Å². The van der Waals surface area contributed by atoms with Crippen LogP contribution in [0.15, 0.2) is 93.7 Å². The number of hydrogen-bond donors (Lipinski definition) is 1. The maximum Gasteiger partial charge on any atom is 0.273 e. The lowest BCUT2D eigenvalue weighted by Crippen LogP contribution is -2.13. The standard InChI is InChI=1S/C35H31N5O3S2/c1-5-27-19-29-31(22(3)36-27)33(26-11-7-6-8-12-26)37-40(29)20-24-15-17-25(18-16-24)32-28-13-9-10-14-30(28)44-35(32)45(41,42)39-34-21(2)23(4)43-38-34/h6-19H,5,20H2,1-4H3,(H,38,39). The Balaban J connectivity index is 1.28. The average Bonchev–Trinajstić information content (AvgIpc) is 3.72. The van der Waals surface area contributed by atoms with Crippen molar-refractivity contribution in [3.05, 3.63) is 113 Å². The predicted octanol–water partition coefficient (Wildman–Crippen LogP) is 8.30. The molecule has 7 aromatic rings. The number of benzene rings is 3. The quantitative estimate of drug-likeness (QED) is 0.181. The molecule has 0 aliphatic heterocycles. The number of sulfonamides is 1. The van der Waals surface area contributed by atoms with E-state index in [2.05, 4.69) is 35.0 Å². The number of rotatable bonds is 8. The molecule has 226 valence electrons. The van der Waals surface area contributed by atoms with Crippen LogP contribution in [-0.2, 0) is 23.0 Å². The first kappa shape index (κ1) is 28.9. The van der Waals surface area contributed by atoms with Crippen LogP contribution in [0, 0.1) is 20.8 Å². The van der Waals surface area contributed by atoms with Gasteiger partial charge in [-0.05, 0) is 50.5 Å². The molecule has 0 aliphatic rings. The number of nitrogens with one attached hydrogen (secondary N) is 1. The van der Waals surface area contributed by atoms with Gasteiger partial charge in [-0.2, -0.15) is 5.10 Å². The van der Waals surface area contributed by atoms with Gasteiger partial charge in [0.2, 0.25) is 0 Å². The SMILES string of the molecule is CCc1cc2c(c(C)n1)c(-c1ccccc1)nn2Cc1ccc(-c2c(S(=O)(=O)Nc3noc(C)c3C)sc3ccccc23)cc1. The van der Waals surface area contributed by atoms with Crippen LogP contribution in [0.25, 0.3) is 43.4 Å². The average molecular weight is 634 g/mol. The van der Waals surface area contributed by atoms with E-state index in [1.807, 2.05) is 78.3 Å². The van der Waals surface area contributed by atoms with Crippen molar-refractivity contribution in [1.29, 1.82) is 0 Å². The van der Waals surface area contributed by atoms with E-state index in [9.17, 15) is 8.42 Å². The predicted molar refractivity (Wildman–Crippen MR) is 180 cm³/mol. The molecule has 0 fully saturated rings. The van der Waals surface area contributed by atoms with Crippen LogP contribution in [0.2, 0.25) is 0 Å². The third kappa shape index (κ3) is 5.19. The maximum atomic E-state index is 13.8. The van der Waals surface area contributed by atoms with E-state index in [4.69, 9.17) is 14.6 Å². The highest BCUT2D eigenvalue weighted by molar-refractivity contribution is 7.95. The van der Waals surface area contributed by atoms with Crippen LogP contribution in [-0.4, -0.2) is 28.3 Å². The van der Waals surface area contributed by atoms with E-state index in [-0.39, 0.29) is 10.0 Å². The zero-order valence-electron chi connectivity index (χ0n) is 25.3. The first-order valence-corrected chi connectivity index (χ1v) is 17.0. The van der Waals surface area contributed by atoms with Gasteiger partial charge in [0, 0.05) is 43.6 Å². The van der Waals surface area contributed by atoms with Crippen molar-refractivity contribution in [3.8, 4) is 22.4 Å². The zero-order valence-corrected chi connectivity index (χ0v) is 27.0. The molecule has 4 aromatic heterocycles. The molecule has 0 bridgehead atoms. The van der Waals surface area contributed by atoms with Gasteiger partial charge >= 0.3 is 0 Å². The third-order valence-electron chi connectivity index (χ3n) is 8.15. The monoisotopic (exact) mass is 633 g/mol. The summed E-state index contributed by atoms with van der Waals surface area (Å²) in [7, 11) is -3.95. The summed E-state index contributed by atoms with van der Waals surface area (Å²) < 4.78 is 38.5. The first-order chi connectivity index (χ1) is 21.7. The van der Waals surface area contributed by atoms with Crippen LogP contribution in [0.3, 0.4) is 0 Å².